The number of halogens is 3. The third-order valence-corrected chi connectivity index (χ3v) is 4.28. The van der Waals surface area contributed by atoms with Crippen molar-refractivity contribution in [3.8, 4) is 0 Å². The van der Waals surface area contributed by atoms with Gasteiger partial charge in [-0.25, -0.2) is 9.97 Å². The van der Waals surface area contributed by atoms with Crippen LogP contribution in [0.3, 0.4) is 0 Å². The first-order valence-electron chi connectivity index (χ1n) is 7.48. The summed E-state index contributed by atoms with van der Waals surface area (Å²) < 4.78 is 45.4. The molecule has 0 bridgehead atoms. The van der Waals surface area contributed by atoms with E-state index in [1.807, 2.05) is 11.8 Å². The average molecular weight is 321 g/mol. The van der Waals surface area contributed by atoms with Crippen molar-refractivity contribution >= 4 is 27.9 Å². The first kappa shape index (κ1) is 14.3. The standard InChI is InChI=1S/C16H14F3N3O/c1-9-5-4-8-22(9)14-13-12(20-15(21-14)16(17,18)19)10-6-2-3-7-11(10)23-13/h2-3,6-7,9H,4-5,8H2,1H3/t9-/m1/s1. The van der Waals surface area contributed by atoms with Gasteiger partial charge in [0, 0.05) is 18.0 Å². The van der Waals surface area contributed by atoms with E-state index in [0.717, 1.165) is 12.8 Å². The molecule has 23 heavy (non-hydrogen) atoms. The van der Waals surface area contributed by atoms with Crippen LogP contribution in [-0.2, 0) is 6.18 Å². The molecule has 0 unspecified atom stereocenters. The summed E-state index contributed by atoms with van der Waals surface area (Å²) in [5.41, 5.74) is 1.06. The SMILES string of the molecule is C[C@@H]1CCCN1c1nc(C(F)(F)F)nc2c1oc1ccccc12. The van der Waals surface area contributed by atoms with Crippen LogP contribution in [0.1, 0.15) is 25.6 Å². The molecule has 1 aliphatic heterocycles. The van der Waals surface area contributed by atoms with E-state index in [0.29, 0.717) is 23.1 Å². The zero-order valence-electron chi connectivity index (χ0n) is 12.4. The van der Waals surface area contributed by atoms with Crippen molar-refractivity contribution in [2.24, 2.45) is 0 Å². The van der Waals surface area contributed by atoms with E-state index in [1.54, 1.807) is 24.3 Å². The van der Waals surface area contributed by atoms with Crippen LogP contribution in [0.15, 0.2) is 28.7 Å². The number of rotatable bonds is 1. The van der Waals surface area contributed by atoms with Gasteiger partial charge < -0.3 is 9.32 Å². The van der Waals surface area contributed by atoms with Gasteiger partial charge in [-0.05, 0) is 31.9 Å². The summed E-state index contributed by atoms with van der Waals surface area (Å²) in [5, 5.41) is 0.573. The molecule has 0 amide bonds. The van der Waals surface area contributed by atoms with E-state index in [-0.39, 0.29) is 17.4 Å². The Morgan fingerprint density at radius 2 is 2.00 bits per heavy atom. The molecule has 4 rings (SSSR count). The maximum Gasteiger partial charge on any atom is 0.451 e. The fourth-order valence-electron chi connectivity index (χ4n) is 3.15. The number of benzene rings is 1. The minimum Gasteiger partial charge on any atom is -0.450 e. The van der Waals surface area contributed by atoms with Gasteiger partial charge in [-0.1, -0.05) is 12.1 Å². The highest BCUT2D eigenvalue weighted by molar-refractivity contribution is 6.05. The van der Waals surface area contributed by atoms with Gasteiger partial charge in [0.25, 0.3) is 0 Å². The van der Waals surface area contributed by atoms with E-state index in [4.69, 9.17) is 4.42 Å². The largest absolute Gasteiger partial charge is 0.451 e. The second kappa shape index (κ2) is 4.84. The summed E-state index contributed by atoms with van der Waals surface area (Å²) in [6, 6.07) is 7.10. The average Bonchev–Trinajstić information content (AvgIpc) is 3.08. The van der Waals surface area contributed by atoms with Gasteiger partial charge >= 0.3 is 6.18 Å². The van der Waals surface area contributed by atoms with E-state index >= 15 is 0 Å². The Morgan fingerprint density at radius 3 is 2.70 bits per heavy atom. The second-order valence-corrected chi connectivity index (χ2v) is 5.83. The molecule has 0 aliphatic carbocycles. The highest BCUT2D eigenvalue weighted by atomic mass is 19.4. The molecule has 3 heterocycles. The molecule has 0 saturated carbocycles. The molecule has 0 radical (unpaired) electrons. The third kappa shape index (κ3) is 2.22. The molecule has 1 saturated heterocycles. The summed E-state index contributed by atoms with van der Waals surface area (Å²) in [4.78, 5) is 9.41. The summed E-state index contributed by atoms with van der Waals surface area (Å²) in [6.45, 7) is 2.65. The van der Waals surface area contributed by atoms with Crippen LogP contribution in [0.4, 0.5) is 19.0 Å². The van der Waals surface area contributed by atoms with Crippen molar-refractivity contribution in [1.82, 2.24) is 9.97 Å². The molecule has 1 atom stereocenters. The van der Waals surface area contributed by atoms with Crippen LogP contribution >= 0.6 is 0 Å². The molecule has 7 heteroatoms. The highest BCUT2D eigenvalue weighted by Gasteiger charge is 2.38. The third-order valence-electron chi connectivity index (χ3n) is 4.28. The lowest BCUT2D eigenvalue weighted by Gasteiger charge is -2.23. The van der Waals surface area contributed by atoms with E-state index < -0.39 is 12.0 Å². The molecular weight excluding hydrogens is 307 g/mol. The Labute approximate surface area is 129 Å². The van der Waals surface area contributed by atoms with Crippen LogP contribution in [0.5, 0.6) is 0 Å². The van der Waals surface area contributed by atoms with Crippen LogP contribution in [0, 0.1) is 0 Å². The number of anilines is 1. The summed E-state index contributed by atoms with van der Waals surface area (Å²) in [7, 11) is 0. The molecule has 4 nitrogen and oxygen atoms in total. The molecule has 0 N–H and O–H groups in total. The van der Waals surface area contributed by atoms with Crippen LogP contribution in [-0.4, -0.2) is 22.6 Å². The van der Waals surface area contributed by atoms with Crippen molar-refractivity contribution in [2.45, 2.75) is 32.0 Å². The number of aromatic nitrogens is 2. The fraction of sp³-hybridized carbons (Fsp3) is 0.375. The van der Waals surface area contributed by atoms with Gasteiger partial charge in [0.15, 0.2) is 11.4 Å². The molecule has 1 fully saturated rings. The van der Waals surface area contributed by atoms with E-state index in [1.165, 1.54) is 0 Å². The second-order valence-electron chi connectivity index (χ2n) is 5.83. The Kier molecular flexibility index (Phi) is 3.01. The van der Waals surface area contributed by atoms with Crippen molar-refractivity contribution in [3.63, 3.8) is 0 Å². The van der Waals surface area contributed by atoms with Gasteiger partial charge in [0.2, 0.25) is 5.82 Å². The molecule has 120 valence electrons. The first-order valence-corrected chi connectivity index (χ1v) is 7.48. The number of alkyl halides is 3. The van der Waals surface area contributed by atoms with Gasteiger partial charge in [0.05, 0.1) is 0 Å². The summed E-state index contributed by atoms with van der Waals surface area (Å²) >= 11 is 0. The fourth-order valence-corrected chi connectivity index (χ4v) is 3.15. The Balaban J connectivity index is 2.06. The number of hydrogen-bond acceptors (Lipinski definition) is 4. The molecule has 1 aromatic carbocycles. The van der Waals surface area contributed by atoms with Crippen LogP contribution in [0.25, 0.3) is 22.1 Å². The minimum absolute atomic E-state index is 0.127. The predicted octanol–water partition coefficient (Wildman–Crippen LogP) is 4.38. The topological polar surface area (TPSA) is 42.2 Å². The maximum absolute atomic E-state index is 13.2. The van der Waals surface area contributed by atoms with Crippen molar-refractivity contribution < 1.29 is 17.6 Å². The monoisotopic (exact) mass is 321 g/mol. The van der Waals surface area contributed by atoms with Gasteiger partial charge in [-0.2, -0.15) is 13.2 Å². The molecule has 0 spiro atoms. The Morgan fingerprint density at radius 1 is 1.22 bits per heavy atom. The number of furan rings is 1. The van der Waals surface area contributed by atoms with E-state index in [2.05, 4.69) is 9.97 Å². The molecule has 1 aliphatic rings. The first-order chi connectivity index (χ1) is 10.9. The molecule has 2 aromatic heterocycles. The van der Waals surface area contributed by atoms with Crippen molar-refractivity contribution in [3.05, 3.63) is 30.1 Å². The quantitative estimate of drug-likeness (QED) is 0.667. The van der Waals surface area contributed by atoms with Gasteiger partial charge in [0.1, 0.15) is 11.1 Å². The Bertz CT molecular complexity index is 887. The smallest absolute Gasteiger partial charge is 0.450 e. The minimum atomic E-state index is -4.59. The maximum atomic E-state index is 13.2. The lowest BCUT2D eigenvalue weighted by Crippen LogP contribution is -2.28. The predicted molar refractivity (Wildman–Crippen MR) is 80.4 cm³/mol. The lowest BCUT2D eigenvalue weighted by molar-refractivity contribution is -0.144. The number of hydrogen-bond donors (Lipinski definition) is 0. The highest BCUT2D eigenvalue weighted by Crippen LogP contribution is 2.38. The van der Waals surface area contributed by atoms with Crippen LogP contribution < -0.4 is 4.90 Å². The van der Waals surface area contributed by atoms with Crippen molar-refractivity contribution in [2.75, 3.05) is 11.4 Å². The molecular formula is C16H14F3N3O. The van der Waals surface area contributed by atoms with Crippen LogP contribution in [0.2, 0.25) is 0 Å². The number of nitrogens with zero attached hydrogens (tertiary/aromatic N) is 3. The number of fused-ring (bicyclic) bond motifs is 3. The molecule has 3 aromatic rings. The van der Waals surface area contributed by atoms with Gasteiger partial charge in [-0.15, -0.1) is 0 Å². The van der Waals surface area contributed by atoms with Gasteiger partial charge in [-0.3, -0.25) is 0 Å². The number of para-hydroxylation sites is 1. The Hall–Kier alpha value is -2.31. The summed E-state index contributed by atoms with van der Waals surface area (Å²) in [6.07, 6.45) is -2.74. The zero-order chi connectivity index (χ0) is 16.2. The zero-order valence-corrected chi connectivity index (χ0v) is 12.4. The van der Waals surface area contributed by atoms with Crippen molar-refractivity contribution in [1.29, 1.82) is 0 Å². The lowest BCUT2D eigenvalue weighted by atomic mass is 10.2. The summed E-state index contributed by atoms with van der Waals surface area (Å²) in [5.74, 6) is -0.880. The van der Waals surface area contributed by atoms with E-state index in [9.17, 15) is 13.2 Å². The normalized spacial score (nSPS) is 19.1.